The van der Waals surface area contributed by atoms with Crippen LogP contribution in [0, 0.1) is 34.0 Å². The number of allylic oxidation sites excluding steroid dienone is 1. The predicted molar refractivity (Wildman–Crippen MR) is 99.4 cm³/mol. The Kier molecular flexibility index (Phi) is 3.63. The summed E-state index contributed by atoms with van der Waals surface area (Å²) >= 11 is 0. The zero-order valence-electron chi connectivity index (χ0n) is 16.0. The molecule has 144 valence electrons. The Balaban J connectivity index is 1.63. The average Bonchev–Trinajstić information content (AvgIpc) is 2.56. The Morgan fingerprint density at radius 3 is 2.81 bits per heavy atom. The van der Waals surface area contributed by atoms with E-state index >= 15 is 0 Å². The molecule has 0 radical (unpaired) electrons. The highest BCUT2D eigenvalue weighted by molar-refractivity contribution is 5.89. The van der Waals surface area contributed by atoms with Crippen LogP contribution in [0.4, 0.5) is 0 Å². The van der Waals surface area contributed by atoms with E-state index in [1.807, 2.05) is 0 Å². The Bertz CT molecular complexity index is 662. The molecule has 0 aromatic rings. The van der Waals surface area contributed by atoms with Gasteiger partial charge in [-0.15, -0.1) is 0 Å². The van der Waals surface area contributed by atoms with Gasteiger partial charge in [0.2, 0.25) is 0 Å². The van der Waals surface area contributed by atoms with Crippen molar-refractivity contribution in [1.82, 2.24) is 4.90 Å². The van der Waals surface area contributed by atoms with Gasteiger partial charge in [0.05, 0.1) is 18.1 Å². The lowest BCUT2D eigenvalue weighted by atomic mass is 9.34. The van der Waals surface area contributed by atoms with Crippen molar-refractivity contribution in [1.29, 1.82) is 0 Å². The molecule has 1 heterocycles. The molecule has 2 N–H and O–H groups in total. The number of Topliss-reactive ketones (excluding diaryl/α,β-unsaturated/α-hetero) is 1. The third-order valence-corrected chi connectivity index (χ3v) is 9.38. The molecule has 0 unspecified atom stereocenters. The number of aliphatic hydroxyl groups is 2. The highest BCUT2D eigenvalue weighted by Crippen LogP contribution is 2.72. The smallest absolute Gasteiger partial charge is 0.142 e. The Morgan fingerprint density at radius 2 is 2.04 bits per heavy atom. The first kappa shape index (κ1) is 17.4. The first-order valence-electron chi connectivity index (χ1n) is 10.6. The number of hydrogen-bond donors (Lipinski definition) is 2. The van der Waals surface area contributed by atoms with E-state index in [2.05, 4.69) is 18.4 Å². The number of rotatable bonds is 2. The summed E-state index contributed by atoms with van der Waals surface area (Å²) in [6.45, 7) is 9.65. The van der Waals surface area contributed by atoms with Crippen LogP contribution in [-0.2, 0) is 4.79 Å². The first-order valence-corrected chi connectivity index (χ1v) is 10.6. The topological polar surface area (TPSA) is 60.8 Å². The van der Waals surface area contributed by atoms with E-state index < -0.39 is 11.5 Å². The molecule has 6 aliphatic rings. The SMILES string of the molecule is C=C1C[C@]23C(=O)C[C@H]1C[C@H]2[C@@]12CCC[C@@](C)(CN(CCO)C1)[C@H]2C[C@H]3O. The van der Waals surface area contributed by atoms with Crippen molar-refractivity contribution in [2.75, 3.05) is 26.2 Å². The van der Waals surface area contributed by atoms with Crippen LogP contribution in [0.2, 0.25) is 0 Å². The molecule has 0 aromatic heterocycles. The maximum absolute atomic E-state index is 13.2. The largest absolute Gasteiger partial charge is 0.395 e. The van der Waals surface area contributed by atoms with Crippen LogP contribution >= 0.6 is 0 Å². The second-order valence-electron chi connectivity index (χ2n) is 10.5. The molecule has 4 bridgehead atoms. The molecule has 6 rings (SSSR count). The molecule has 7 atom stereocenters. The van der Waals surface area contributed by atoms with Crippen molar-refractivity contribution < 1.29 is 15.0 Å². The molecule has 4 nitrogen and oxygen atoms in total. The number of aliphatic hydroxyl groups excluding tert-OH is 2. The molecule has 6 fully saturated rings. The summed E-state index contributed by atoms with van der Waals surface area (Å²) < 4.78 is 0. The number of likely N-dealkylation sites (tertiary alicyclic amines) is 1. The number of carbonyl (C=O) groups is 1. The Hall–Kier alpha value is -0.710. The lowest BCUT2D eigenvalue weighted by molar-refractivity contribution is -0.244. The van der Waals surface area contributed by atoms with E-state index in [9.17, 15) is 15.0 Å². The number of β-amino-alcohol motifs (C(OH)–C–C–N with tert-alkyl or cyclic N) is 1. The maximum Gasteiger partial charge on any atom is 0.142 e. The van der Waals surface area contributed by atoms with Crippen molar-refractivity contribution in [2.45, 2.75) is 58.0 Å². The molecule has 0 aromatic carbocycles. The zero-order valence-corrected chi connectivity index (χ0v) is 16.0. The molecular formula is C22H33NO3. The third kappa shape index (κ3) is 1.94. The van der Waals surface area contributed by atoms with E-state index in [0.717, 1.165) is 32.5 Å². The van der Waals surface area contributed by atoms with Crippen molar-refractivity contribution in [2.24, 2.45) is 34.0 Å². The van der Waals surface area contributed by atoms with Gasteiger partial charge in [-0.1, -0.05) is 25.5 Å². The number of fused-ring (bicyclic) bond motifs is 2. The second kappa shape index (κ2) is 5.42. The van der Waals surface area contributed by atoms with Gasteiger partial charge in [0.1, 0.15) is 5.78 Å². The van der Waals surface area contributed by atoms with Crippen molar-refractivity contribution in [3.05, 3.63) is 12.2 Å². The lowest BCUT2D eigenvalue weighted by Crippen LogP contribution is -2.73. The summed E-state index contributed by atoms with van der Waals surface area (Å²) in [6.07, 6.45) is 6.27. The normalized spacial score (nSPS) is 53.3. The number of piperidine rings is 1. The fourth-order valence-electron chi connectivity index (χ4n) is 8.53. The van der Waals surface area contributed by atoms with Crippen LogP contribution < -0.4 is 0 Å². The number of carbonyl (C=O) groups excluding carboxylic acids is 1. The summed E-state index contributed by atoms with van der Waals surface area (Å²) in [5.74, 6) is 1.44. The van der Waals surface area contributed by atoms with Gasteiger partial charge >= 0.3 is 0 Å². The number of hydrogen-bond acceptors (Lipinski definition) is 4. The summed E-state index contributed by atoms with van der Waals surface area (Å²) in [5, 5.41) is 20.9. The van der Waals surface area contributed by atoms with Crippen LogP contribution in [0.3, 0.4) is 0 Å². The molecular weight excluding hydrogens is 326 g/mol. The average molecular weight is 360 g/mol. The first-order chi connectivity index (χ1) is 12.4. The van der Waals surface area contributed by atoms with E-state index in [0.29, 0.717) is 36.4 Å². The van der Waals surface area contributed by atoms with Crippen LogP contribution in [0.5, 0.6) is 0 Å². The molecule has 1 aliphatic heterocycles. The van der Waals surface area contributed by atoms with Gasteiger partial charge in [0.25, 0.3) is 0 Å². The van der Waals surface area contributed by atoms with Crippen LogP contribution in [0.15, 0.2) is 12.2 Å². The third-order valence-electron chi connectivity index (χ3n) is 9.38. The number of ketones is 1. The Labute approximate surface area is 156 Å². The molecule has 1 saturated heterocycles. The summed E-state index contributed by atoms with van der Waals surface area (Å²) in [7, 11) is 0. The molecule has 1 spiro atoms. The van der Waals surface area contributed by atoms with Gasteiger partial charge in [-0.3, -0.25) is 9.69 Å². The van der Waals surface area contributed by atoms with Crippen LogP contribution in [0.25, 0.3) is 0 Å². The predicted octanol–water partition coefficient (Wildman–Crippen LogP) is 2.39. The van der Waals surface area contributed by atoms with Gasteiger partial charge in [-0.2, -0.15) is 0 Å². The monoisotopic (exact) mass is 359 g/mol. The van der Waals surface area contributed by atoms with Gasteiger partial charge in [-0.25, -0.2) is 0 Å². The minimum absolute atomic E-state index is 0.134. The summed E-state index contributed by atoms with van der Waals surface area (Å²) in [5.41, 5.74) is 0.971. The fourth-order valence-corrected chi connectivity index (χ4v) is 8.53. The van der Waals surface area contributed by atoms with E-state index in [1.54, 1.807) is 0 Å². The van der Waals surface area contributed by atoms with Gasteiger partial charge in [0.15, 0.2) is 0 Å². The standard InChI is InChI=1S/C22H33NO3/c1-14-11-22-17(8-15(14)9-18(22)25)21-5-3-4-20(2,16(21)10-19(22)26)12-23(13-21)6-7-24/h15-17,19,24,26H,1,3-13H2,2H3/t15-,16-,17+,19-,20+,21+,22-/m1/s1. The van der Waals surface area contributed by atoms with Crippen molar-refractivity contribution in [3.8, 4) is 0 Å². The minimum Gasteiger partial charge on any atom is -0.395 e. The molecule has 5 aliphatic carbocycles. The highest BCUT2D eigenvalue weighted by atomic mass is 16.3. The second-order valence-corrected chi connectivity index (χ2v) is 10.5. The van der Waals surface area contributed by atoms with E-state index in [1.165, 1.54) is 24.8 Å². The molecule has 26 heavy (non-hydrogen) atoms. The molecule has 0 amide bonds. The molecule has 5 saturated carbocycles. The highest BCUT2D eigenvalue weighted by Gasteiger charge is 2.72. The fraction of sp³-hybridized carbons (Fsp3) is 0.864. The minimum atomic E-state index is -0.567. The maximum atomic E-state index is 13.2. The summed E-state index contributed by atoms with van der Waals surface area (Å²) in [4.78, 5) is 15.7. The van der Waals surface area contributed by atoms with E-state index in [-0.39, 0.29) is 17.4 Å². The van der Waals surface area contributed by atoms with Gasteiger partial charge in [0, 0.05) is 26.1 Å². The summed E-state index contributed by atoms with van der Waals surface area (Å²) in [6, 6.07) is 0. The van der Waals surface area contributed by atoms with Crippen molar-refractivity contribution >= 4 is 5.78 Å². The van der Waals surface area contributed by atoms with Gasteiger partial charge < -0.3 is 10.2 Å². The zero-order chi connectivity index (χ0) is 18.3. The lowest BCUT2D eigenvalue weighted by Gasteiger charge is -2.72. The van der Waals surface area contributed by atoms with E-state index in [4.69, 9.17) is 0 Å². The molecule has 4 heteroatoms. The number of nitrogens with zero attached hydrogens (tertiary/aromatic N) is 1. The van der Waals surface area contributed by atoms with Crippen molar-refractivity contribution in [3.63, 3.8) is 0 Å². The Morgan fingerprint density at radius 1 is 1.23 bits per heavy atom. The van der Waals surface area contributed by atoms with Gasteiger partial charge in [-0.05, 0) is 60.7 Å². The van der Waals surface area contributed by atoms with Crippen LogP contribution in [0.1, 0.15) is 51.9 Å². The quantitative estimate of drug-likeness (QED) is 0.743. The van der Waals surface area contributed by atoms with Crippen LogP contribution in [-0.4, -0.2) is 53.2 Å².